The Morgan fingerprint density at radius 3 is 1.71 bits per heavy atom. The number of thiol groups is 1. The van der Waals surface area contributed by atoms with Crippen LogP contribution in [0.15, 0.2) is 98.4 Å². The van der Waals surface area contributed by atoms with Gasteiger partial charge in [-0.05, 0) is 57.2 Å². The molecule has 0 fully saturated rings. The molecule has 3 rings (SSSR count). The Labute approximate surface area is 165 Å². The van der Waals surface area contributed by atoms with Gasteiger partial charge in [0.2, 0.25) is 0 Å². The van der Waals surface area contributed by atoms with E-state index in [2.05, 4.69) is 0 Å². The minimum absolute atomic E-state index is 0.387. The summed E-state index contributed by atoms with van der Waals surface area (Å²) in [5, 5.41) is 0. The Bertz CT molecular complexity index is 1010. The quantitative estimate of drug-likeness (QED) is 0.512. The van der Waals surface area contributed by atoms with Gasteiger partial charge in [-0.1, -0.05) is 43.3 Å². The van der Waals surface area contributed by atoms with Crippen molar-refractivity contribution in [3.05, 3.63) is 84.4 Å². The van der Waals surface area contributed by atoms with Crippen LogP contribution in [0.5, 0.6) is 0 Å². The molecule has 0 bridgehead atoms. The van der Waals surface area contributed by atoms with Crippen LogP contribution in [0.1, 0.15) is 12.5 Å². The molecule has 0 spiro atoms. The van der Waals surface area contributed by atoms with Crippen LogP contribution in [0.2, 0.25) is 0 Å². The fraction of sp³-hybridized carbons (Fsp3) is 0.143. The Morgan fingerprint density at radius 1 is 0.786 bits per heavy atom. The van der Waals surface area contributed by atoms with Gasteiger partial charge in [-0.15, -0.1) is 0 Å². The molecule has 0 aliphatic carbocycles. The monoisotopic (exact) mass is 424 g/mol. The summed E-state index contributed by atoms with van der Waals surface area (Å²) in [5.41, 5.74) is -1.11. The van der Waals surface area contributed by atoms with Crippen molar-refractivity contribution in [1.29, 1.82) is 0 Å². The molecule has 0 saturated heterocycles. The Kier molecular flexibility index (Phi) is 5.86. The van der Waals surface area contributed by atoms with Crippen LogP contribution in [0.25, 0.3) is 0 Å². The lowest BCUT2D eigenvalue weighted by atomic mass is 10.2. The number of benzene rings is 3. The fourth-order valence-corrected chi connectivity index (χ4v) is 6.32. The molecule has 3 aromatic rings. The molecule has 0 saturated carbocycles. The highest BCUT2D eigenvalue weighted by Crippen LogP contribution is 2.52. The minimum atomic E-state index is -4.76. The van der Waals surface area contributed by atoms with Crippen molar-refractivity contribution in [2.45, 2.75) is 32.7 Å². The van der Waals surface area contributed by atoms with Gasteiger partial charge in [0, 0.05) is 0 Å². The predicted molar refractivity (Wildman–Crippen MR) is 106 cm³/mol. The smallest absolute Gasteiger partial charge is 0.224 e. The topological polar surface area (TPSA) is 34.1 Å². The lowest BCUT2D eigenvalue weighted by Crippen LogP contribution is -2.15. The van der Waals surface area contributed by atoms with E-state index in [0.717, 1.165) is 21.9 Å². The summed E-state index contributed by atoms with van der Waals surface area (Å²) in [4.78, 5) is 1.57. The SMILES string of the molecule is CCS(=O)(=O)c1ccc([SH](c2ccccc2)c2ccccc2)cc1C(F)(F)F. The van der Waals surface area contributed by atoms with Crippen LogP contribution in [0, 0.1) is 0 Å². The van der Waals surface area contributed by atoms with Gasteiger partial charge >= 0.3 is 6.18 Å². The standard InChI is InChI=1S/C21H19F3O2S2/c1-2-28(25,26)20-14-13-18(15-19(20)21(22,23)24)27(16-9-5-3-6-10-16)17-11-7-4-8-12-17/h3-15,27H,2H2,1H3. The average Bonchev–Trinajstić information content (AvgIpc) is 2.69. The maximum atomic E-state index is 13.7. The molecule has 0 aromatic heterocycles. The van der Waals surface area contributed by atoms with Crippen molar-refractivity contribution in [2.24, 2.45) is 0 Å². The molecule has 0 aliphatic rings. The van der Waals surface area contributed by atoms with Crippen molar-refractivity contribution in [3.63, 3.8) is 0 Å². The zero-order chi connectivity index (χ0) is 20.4. The number of hydrogen-bond donors (Lipinski definition) is 1. The van der Waals surface area contributed by atoms with E-state index in [1.165, 1.54) is 13.0 Å². The first kappa shape index (κ1) is 20.5. The van der Waals surface area contributed by atoms with Gasteiger partial charge < -0.3 is 0 Å². The number of sulfone groups is 1. The van der Waals surface area contributed by atoms with Gasteiger partial charge in [0.05, 0.1) is 16.2 Å². The first-order chi connectivity index (χ1) is 13.2. The second kappa shape index (κ2) is 8.01. The molecule has 3 aromatic carbocycles. The van der Waals surface area contributed by atoms with Gasteiger partial charge in [-0.2, -0.15) is 24.1 Å². The Hall–Kier alpha value is -2.25. The van der Waals surface area contributed by atoms with Crippen molar-refractivity contribution in [2.75, 3.05) is 5.75 Å². The summed E-state index contributed by atoms with van der Waals surface area (Å²) >= 11 is 0. The second-order valence-corrected chi connectivity index (χ2v) is 10.6. The third-order valence-electron chi connectivity index (χ3n) is 4.27. The van der Waals surface area contributed by atoms with Gasteiger partial charge in [0.15, 0.2) is 9.84 Å². The van der Waals surface area contributed by atoms with Crippen LogP contribution < -0.4 is 0 Å². The molecule has 28 heavy (non-hydrogen) atoms. The van der Waals surface area contributed by atoms with Crippen molar-refractivity contribution in [1.82, 2.24) is 0 Å². The lowest BCUT2D eigenvalue weighted by molar-refractivity contribution is -0.140. The molecule has 0 atom stereocenters. The molecular formula is C21H19F3O2S2. The van der Waals surface area contributed by atoms with Crippen LogP contribution >= 0.6 is 10.9 Å². The minimum Gasteiger partial charge on any atom is -0.224 e. The largest absolute Gasteiger partial charge is 0.417 e. The zero-order valence-electron chi connectivity index (χ0n) is 15.0. The average molecular weight is 425 g/mol. The summed E-state index contributed by atoms with van der Waals surface area (Å²) in [6, 6.07) is 22.2. The van der Waals surface area contributed by atoms with Crippen LogP contribution in [0.4, 0.5) is 13.2 Å². The van der Waals surface area contributed by atoms with E-state index in [1.54, 1.807) is 0 Å². The van der Waals surface area contributed by atoms with E-state index in [0.29, 0.717) is 4.90 Å². The molecule has 0 N–H and O–H groups in total. The van der Waals surface area contributed by atoms with E-state index in [9.17, 15) is 21.6 Å². The van der Waals surface area contributed by atoms with E-state index in [-0.39, 0.29) is 5.75 Å². The van der Waals surface area contributed by atoms with E-state index in [4.69, 9.17) is 0 Å². The summed E-state index contributed by atoms with van der Waals surface area (Å²) in [6.45, 7) is 1.34. The third-order valence-corrected chi connectivity index (χ3v) is 8.48. The van der Waals surface area contributed by atoms with Gasteiger partial charge in [0.1, 0.15) is 0 Å². The lowest BCUT2D eigenvalue weighted by Gasteiger charge is -2.25. The van der Waals surface area contributed by atoms with E-state index in [1.807, 2.05) is 60.7 Å². The maximum absolute atomic E-state index is 13.7. The normalized spacial score (nSPS) is 12.6. The predicted octanol–water partition coefficient (Wildman–Crippen LogP) is 5.98. The second-order valence-electron chi connectivity index (χ2n) is 6.09. The molecular weight excluding hydrogens is 405 g/mol. The molecule has 0 unspecified atom stereocenters. The fourth-order valence-electron chi connectivity index (χ4n) is 2.91. The summed E-state index contributed by atoms with van der Waals surface area (Å²) < 4.78 is 65.5. The first-order valence-corrected chi connectivity index (χ1v) is 11.6. The summed E-state index contributed by atoms with van der Waals surface area (Å²) in [5.74, 6) is -0.387. The third kappa shape index (κ3) is 4.25. The number of rotatable bonds is 5. The molecule has 2 nitrogen and oxygen atoms in total. The highest BCUT2D eigenvalue weighted by Gasteiger charge is 2.37. The van der Waals surface area contributed by atoms with Crippen molar-refractivity contribution in [3.8, 4) is 0 Å². The van der Waals surface area contributed by atoms with Gasteiger partial charge in [0.25, 0.3) is 0 Å². The van der Waals surface area contributed by atoms with Crippen LogP contribution in [-0.4, -0.2) is 14.2 Å². The van der Waals surface area contributed by atoms with Gasteiger partial charge in [-0.25, -0.2) is 8.42 Å². The number of halogens is 3. The highest BCUT2D eigenvalue weighted by atomic mass is 32.2. The van der Waals surface area contributed by atoms with Gasteiger partial charge in [-0.3, -0.25) is 0 Å². The molecule has 0 amide bonds. The van der Waals surface area contributed by atoms with Crippen LogP contribution in [-0.2, 0) is 16.0 Å². The summed E-state index contributed by atoms with van der Waals surface area (Å²) in [6.07, 6.45) is -4.76. The zero-order valence-corrected chi connectivity index (χ0v) is 16.7. The van der Waals surface area contributed by atoms with Crippen molar-refractivity contribution < 1.29 is 21.6 Å². The molecule has 7 heteroatoms. The Balaban J connectivity index is 2.25. The molecule has 0 aliphatic heterocycles. The maximum Gasteiger partial charge on any atom is 0.417 e. The number of alkyl halides is 3. The highest BCUT2D eigenvalue weighted by molar-refractivity contribution is 8.17. The molecule has 0 heterocycles. The summed E-state index contributed by atoms with van der Waals surface area (Å²) in [7, 11) is -5.25. The molecule has 148 valence electrons. The first-order valence-electron chi connectivity index (χ1n) is 8.58. The van der Waals surface area contributed by atoms with Crippen LogP contribution in [0.3, 0.4) is 0 Å². The van der Waals surface area contributed by atoms with E-state index >= 15 is 0 Å². The number of hydrogen-bond acceptors (Lipinski definition) is 2. The molecule has 0 radical (unpaired) electrons. The van der Waals surface area contributed by atoms with Crippen molar-refractivity contribution >= 4 is 20.7 Å². The van der Waals surface area contributed by atoms with E-state index < -0.39 is 37.4 Å². The Morgan fingerprint density at radius 2 is 1.29 bits per heavy atom.